The van der Waals surface area contributed by atoms with Crippen molar-refractivity contribution in [1.29, 1.82) is 0 Å². The van der Waals surface area contributed by atoms with E-state index in [9.17, 15) is 9.59 Å². The normalized spacial score (nSPS) is 12.3. The van der Waals surface area contributed by atoms with E-state index in [-0.39, 0.29) is 10.2 Å². The third kappa shape index (κ3) is 26.9. The van der Waals surface area contributed by atoms with Crippen LogP contribution in [0.25, 0.3) is 0 Å². The molecule has 4 N–H and O–H groups in total. The van der Waals surface area contributed by atoms with Gasteiger partial charge in [-0.25, -0.2) is 0 Å². The fourth-order valence-electron chi connectivity index (χ4n) is 3.45. The first-order valence-electron chi connectivity index (χ1n) is 14.0. The first-order valence-corrected chi connectivity index (χ1v) is 18.0. The molecule has 0 atom stereocenters. The van der Waals surface area contributed by atoms with Gasteiger partial charge in [0.2, 0.25) is 10.2 Å². The van der Waals surface area contributed by atoms with Crippen LogP contribution in [-0.4, -0.2) is 33.2 Å². The van der Waals surface area contributed by atoms with Crippen molar-refractivity contribution in [3.8, 4) is 0 Å². The van der Waals surface area contributed by atoms with Gasteiger partial charge in [0.1, 0.15) is 0 Å². The van der Waals surface area contributed by atoms with Crippen LogP contribution in [0.4, 0.5) is 0 Å². The van der Waals surface area contributed by atoms with Crippen molar-refractivity contribution in [1.82, 2.24) is 0 Å². The van der Waals surface area contributed by atoms with E-state index in [1.54, 1.807) is 35.7 Å². The van der Waals surface area contributed by atoms with Gasteiger partial charge in [-0.1, -0.05) is 114 Å². The minimum Gasteiger partial charge on any atom is -0.393 e. The van der Waals surface area contributed by atoms with Crippen molar-refractivity contribution in [2.24, 2.45) is 11.5 Å². The minimum absolute atomic E-state index is 0.0582. The van der Waals surface area contributed by atoms with Gasteiger partial charge in [-0.05, 0) is 37.2 Å². The lowest BCUT2D eigenvalue weighted by atomic mass is 10.1. The van der Waals surface area contributed by atoms with E-state index in [0.29, 0.717) is 10.1 Å². The van der Waals surface area contributed by atoms with Gasteiger partial charge in [-0.3, -0.25) is 9.59 Å². The second kappa shape index (κ2) is 27.8. The van der Waals surface area contributed by atoms with Crippen LogP contribution in [0.1, 0.15) is 117 Å². The maximum Gasteiger partial charge on any atom is 0.214 e. The van der Waals surface area contributed by atoms with Crippen LogP contribution in [0, 0.1) is 0 Å². The van der Waals surface area contributed by atoms with Crippen LogP contribution in [0.15, 0.2) is 22.2 Å². The lowest BCUT2D eigenvalue weighted by Gasteiger charge is -2.03. The predicted octanol–water partition coefficient (Wildman–Crippen LogP) is 8.85. The highest BCUT2D eigenvalue weighted by Crippen LogP contribution is 2.19. The van der Waals surface area contributed by atoms with E-state index in [2.05, 4.69) is 13.8 Å². The summed E-state index contributed by atoms with van der Waals surface area (Å²) in [6.07, 6.45) is 22.6. The Morgan fingerprint density at radius 1 is 0.472 bits per heavy atom. The molecule has 0 amide bonds. The summed E-state index contributed by atoms with van der Waals surface area (Å²) in [7, 11) is 0. The highest BCUT2D eigenvalue weighted by molar-refractivity contribution is 8.14. The van der Waals surface area contributed by atoms with E-state index >= 15 is 0 Å². The fourth-order valence-corrected chi connectivity index (χ4v) is 6.67. The van der Waals surface area contributed by atoms with Crippen molar-refractivity contribution in [3.63, 3.8) is 0 Å². The van der Waals surface area contributed by atoms with Gasteiger partial charge in [0, 0.05) is 23.7 Å². The zero-order valence-electron chi connectivity index (χ0n) is 22.9. The van der Waals surface area contributed by atoms with Crippen LogP contribution < -0.4 is 11.5 Å². The summed E-state index contributed by atoms with van der Waals surface area (Å²) >= 11 is 5.90. The molecule has 0 aromatic rings. The smallest absolute Gasteiger partial charge is 0.214 e. The van der Waals surface area contributed by atoms with Crippen molar-refractivity contribution < 1.29 is 9.59 Å². The molecule has 0 saturated carbocycles. The molecule has 0 radical (unpaired) electrons. The molecular weight excluding hydrogens is 525 g/mol. The second-order valence-electron chi connectivity index (χ2n) is 9.08. The number of carbonyl (C=O) groups excluding carboxylic acids is 2. The molecule has 0 saturated heterocycles. The van der Waals surface area contributed by atoms with Crippen molar-refractivity contribution in [2.45, 2.75) is 117 Å². The second-order valence-corrected chi connectivity index (χ2v) is 13.6. The summed E-state index contributed by atoms with van der Waals surface area (Å²) in [5.41, 5.74) is 11.9. The molecule has 210 valence electrons. The summed E-state index contributed by atoms with van der Waals surface area (Å²) in [5, 5.41) is 1.39. The van der Waals surface area contributed by atoms with Gasteiger partial charge in [0.25, 0.3) is 0 Å². The molecule has 0 bridgehead atoms. The lowest BCUT2D eigenvalue weighted by molar-refractivity contribution is -0.107. The Balaban J connectivity index is 3.62. The maximum absolute atomic E-state index is 12.0. The van der Waals surface area contributed by atoms with Crippen LogP contribution in [0.2, 0.25) is 0 Å². The molecule has 4 nitrogen and oxygen atoms in total. The average Bonchev–Trinajstić information content (AvgIpc) is 2.84. The first-order chi connectivity index (χ1) is 17.5. The summed E-state index contributed by atoms with van der Waals surface area (Å²) in [6, 6.07) is 0. The molecule has 0 aromatic carbocycles. The Bertz CT molecular complexity index is 560. The van der Waals surface area contributed by atoms with Crippen LogP contribution in [-0.2, 0) is 9.59 Å². The summed E-state index contributed by atoms with van der Waals surface area (Å²) in [4.78, 5) is 24.1. The number of unbranched alkanes of at least 4 members (excludes halogenated alkanes) is 13. The highest BCUT2D eigenvalue weighted by atomic mass is 32.2. The Morgan fingerprint density at radius 2 is 0.750 bits per heavy atom. The standard InChI is InChI=1S/C28H52N2O2S4/c1-3-5-7-9-11-15-19-33-25(29)23-27(31)35-21-17-13-14-18-22-36-28(32)24-26(30)34-20-16-12-10-8-6-4-2/h23-24H,3-22,29-30H2,1-2H3/b25-23-,26-24-. The number of carbonyl (C=O) groups is 2. The van der Waals surface area contributed by atoms with E-state index < -0.39 is 0 Å². The molecule has 36 heavy (non-hydrogen) atoms. The Hall–Kier alpha value is -0.180. The Kier molecular flexibility index (Phi) is 27.7. The summed E-state index contributed by atoms with van der Waals surface area (Å²) in [5.74, 6) is 3.64. The Morgan fingerprint density at radius 3 is 1.08 bits per heavy atom. The van der Waals surface area contributed by atoms with Crippen molar-refractivity contribution >= 4 is 57.3 Å². The number of hydrogen-bond acceptors (Lipinski definition) is 8. The van der Waals surface area contributed by atoms with E-state index in [4.69, 9.17) is 11.5 Å². The summed E-state index contributed by atoms with van der Waals surface area (Å²) in [6.45, 7) is 4.46. The predicted molar refractivity (Wildman–Crippen MR) is 170 cm³/mol. The topological polar surface area (TPSA) is 86.2 Å². The van der Waals surface area contributed by atoms with Crippen molar-refractivity contribution in [3.05, 3.63) is 22.2 Å². The quantitative estimate of drug-likeness (QED) is 0.0823. The van der Waals surface area contributed by atoms with E-state index in [0.717, 1.165) is 61.5 Å². The maximum atomic E-state index is 12.0. The van der Waals surface area contributed by atoms with Gasteiger partial charge in [0.05, 0.1) is 10.1 Å². The monoisotopic (exact) mass is 576 g/mol. The molecule has 0 aromatic heterocycles. The largest absolute Gasteiger partial charge is 0.393 e. The van der Waals surface area contributed by atoms with E-state index in [1.807, 2.05) is 0 Å². The highest BCUT2D eigenvalue weighted by Gasteiger charge is 2.04. The zero-order chi connectivity index (χ0) is 26.7. The van der Waals surface area contributed by atoms with Gasteiger partial charge < -0.3 is 11.5 Å². The van der Waals surface area contributed by atoms with Crippen LogP contribution in [0.5, 0.6) is 0 Å². The van der Waals surface area contributed by atoms with Crippen LogP contribution >= 0.6 is 47.0 Å². The zero-order valence-corrected chi connectivity index (χ0v) is 26.2. The third-order valence-corrected chi connectivity index (χ3v) is 9.26. The number of thioether (sulfide) groups is 4. The Labute approximate surface area is 239 Å². The molecule has 0 spiro atoms. The van der Waals surface area contributed by atoms with Gasteiger partial charge in [-0.2, -0.15) is 0 Å². The van der Waals surface area contributed by atoms with Gasteiger partial charge in [-0.15, -0.1) is 23.5 Å². The van der Waals surface area contributed by atoms with Gasteiger partial charge in [0.15, 0.2) is 0 Å². The average molecular weight is 577 g/mol. The van der Waals surface area contributed by atoms with E-state index in [1.165, 1.54) is 87.7 Å². The van der Waals surface area contributed by atoms with Crippen molar-refractivity contribution in [2.75, 3.05) is 23.0 Å². The first kappa shape index (κ1) is 35.8. The molecule has 0 unspecified atom stereocenters. The van der Waals surface area contributed by atoms with Gasteiger partial charge >= 0.3 is 0 Å². The molecule has 0 aliphatic carbocycles. The number of hydrogen-bond donors (Lipinski definition) is 2. The SMILES string of the molecule is CCCCCCCCS/C(N)=C\C(=O)SCCCCCCSC(=O)/C=C(/N)SCCCCCCCC. The lowest BCUT2D eigenvalue weighted by Crippen LogP contribution is -1.99. The molecule has 0 aliphatic rings. The molecule has 0 fully saturated rings. The third-order valence-electron chi connectivity index (χ3n) is 5.58. The molecule has 8 heteroatoms. The fraction of sp³-hybridized carbons (Fsp3) is 0.786. The number of rotatable bonds is 25. The molecular formula is C28H52N2O2S4. The molecule has 0 rings (SSSR count). The summed E-state index contributed by atoms with van der Waals surface area (Å²) < 4.78 is 0. The minimum atomic E-state index is 0.0582. The number of nitrogens with two attached hydrogens (primary N) is 2. The molecule has 0 heterocycles. The van der Waals surface area contributed by atoms with Crippen LogP contribution in [0.3, 0.4) is 0 Å². The molecule has 0 aliphatic heterocycles.